The molecular weight excluding hydrogens is 446 g/mol. The molecule has 116 valence electrons. The molecule has 1 N–H and O–H groups in total. The molecule has 0 atom stereocenters. The van der Waals surface area contributed by atoms with E-state index in [1.165, 1.54) is 6.20 Å². The number of rotatable bonds is 6. The van der Waals surface area contributed by atoms with E-state index in [9.17, 15) is 9.59 Å². The van der Waals surface area contributed by atoms with Crippen molar-refractivity contribution in [1.82, 2.24) is 15.0 Å². The molecule has 0 saturated carbocycles. The largest absolute Gasteiger partial charge is 0.475 e. The SMILES string of the molecule is [CH2-]CN1CCCC(=O)N1CCCc1ncc(C(=O)O)o1.[W]. The van der Waals surface area contributed by atoms with Crippen molar-refractivity contribution in [2.24, 2.45) is 0 Å². The number of aromatic nitrogens is 1. The smallest absolute Gasteiger partial charge is 0.373 e. The average molecular weight is 464 g/mol. The first-order valence-corrected chi connectivity index (χ1v) is 6.64. The second-order valence-electron chi connectivity index (χ2n) is 4.60. The molecule has 2 rings (SSSR count). The number of aryl methyl sites for hydroxylation is 1. The maximum atomic E-state index is 11.8. The van der Waals surface area contributed by atoms with Gasteiger partial charge < -0.3 is 16.4 Å². The first kappa shape index (κ1) is 17.8. The fourth-order valence-electron chi connectivity index (χ4n) is 2.22. The molecule has 21 heavy (non-hydrogen) atoms. The summed E-state index contributed by atoms with van der Waals surface area (Å²) in [5, 5.41) is 12.4. The van der Waals surface area contributed by atoms with Gasteiger partial charge in [0.1, 0.15) is 0 Å². The predicted molar refractivity (Wildman–Crippen MR) is 69.7 cm³/mol. The Morgan fingerprint density at radius 3 is 2.90 bits per heavy atom. The average Bonchev–Trinajstić information content (AvgIpc) is 2.89. The summed E-state index contributed by atoms with van der Waals surface area (Å²) in [7, 11) is 0. The van der Waals surface area contributed by atoms with Crippen LogP contribution in [0.1, 0.15) is 35.7 Å². The topological polar surface area (TPSA) is 86.9 Å². The van der Waals surface area contributed by atoms with Crippen molar-refractivity contribution in [2.75, 3.05) is 19.6 Å². The number of carboxylic acids is 1. The van der Waals surface area contributed by atoms with Crippen molar-refractivity contribution in [2.45, 2.75) is 25.7 Å². The number of oxazole rings is 1. The maximum Gasteiger partial charge on any atom is 0.373 e. The summed E-state index contributed by atoms with van der Waals surface area (Å²) in [6.07, 6.45) is 3.81. The molecule has 2 heterocycles. The van der Waals surface area contributed by atoms with Gasteiger partial charge in [-0.25, -0.2) is 14.8 Å². The molecule has 0 radical (unpaired) electrons. The molecule has 0 bridgehead atoms. The second kappa shape index (κ2) is 8.29. The molecule has 0 unspecified atom stereocenters. The Labute approximate surface area is 137 Å². The van der Waals surface area contributed by atoms with E-state index in [2.05, 4.69) is 11.9 Å². The number of hydrogen-bond donors (Lipinski definition) is 1. The summed E-state index contributed by atoms with van der Waals surface area (Å²) in [5.41, 5.74) is 0. The van der Waals surface area contributed by atoms with Crippen LogP contribution in [-0.2, 0) is 32.3 Å². The number of carboxylic acid groups (broad SMARTS) is 1. The zero-order valence-electron chi connectivity index (χ0n) is 11.7. The Balaban J connectivity index is 0.00000220. The van der Waals surface area contributed by atoms with Gasteiger partial charge in [-0.15, -0.1) is 6.54 Å². The molecule has 1 aliphatic heterocycles. The zero-order chi connectivity index (χ0) is 14.5. The number of aromatic carboxylic acids is 1. The van der Waals surface area contributed by atoms with Crippen molar-refractivity contribution in [3.63, 3.8) is 0 Å². The van der Waals surface area contributed by atoms with E-state index in [0.29, 0.717) is 38.2 Å². The van der Waals surface area contributed by atoms with Gasteiger partial charge in [-0.3, -0.25) is 9.80 Å². The van der Waals surface area contributed by atoms with Gasteiger partial charge in [-0.1, -0.05) is 0 Å². The van der Waals surface area contributed by atoms with E-state index >= 15 is 0 Å². The summed E-state index contributed by atoms with van der Waals surface area (Å²) in [5.74, 6) is -0.793. The van der Waals surface area contributed by atoms with Gasteiger partial charge in [0.05, 0.1) is 6.20 Å². The van der Waals surface area contributed by atoms with Crippen LogP contribution in [0.4, 0.5) is 0 Å². The van der Waals surface area contributed by atoms with E-state index < -0.39 is 5.97 Å². The summed E-state index contributed by atoms with van der Waals surface area (Å²) >= 11 is 0. The maximum absolute atomic E-state index is 11.8. The van der Waals surface area contributed by atoms with Crippen molar-refractivity contribution in [3.8, 4) is 0 Å². The number of amides is 1. The van der Waals surface area contributed by atoms with Gasteiger partial charge in [0.2, 0.25) is 11.7 Å². The van der Waals surface area contributed by atoms with Gasteiger partial charge in [0.25, 0.3) is 0 Å². The molecule has 1 fully saturated rings. The second-order valence-corrected chi connectivity index (χ2v) is 4.60. The minimum Gasteiger partial charge on any atom is -0.475 e. The van der Waals surface area contributed by atoms with Crippen LogP contribution in [0.5, 0.6) is 0 Å². The van der Waals surface area contributed by atoms with Gasteiger partial charge in [0, 0.05) is 47.0 Å². The van der Waals surface area contributed by atoms with Crippen LogP contribution in [0.15, 0.2) is 10.6 Å². The minimum absolute atomic E-state index is 0. The Morgan fingerprint density at radius 1 is 1.52 bits per heavy atom. The molecule has 1 aromatic rings. The van der Waals surface area contributed by atoms with Crippen LogP contribution in [0.25, 0.3) is 0 Å². The van der Waals surface area contributed by atoms with Gasteiger partial charge in [-0.05, 0) is 12.8 Å². The summed E-state index contributed by atoms with van der Waals surface area (Å²) in [6.45, 7) is 5.80. The summed E-state index contributed by atoms with van der Waals surface area (Å²) in [6, 6.07) is 0. The Bertz CT molecular complexity index is 492. The van der Waals surface area contributed by atoms with E-state index in [0.717, 1.165) is 13.0 Å². The first-order valence-electron chi connectivity index (χ1n) is 6.64. The normalized spacial score (nSPS) is 15.9. The Kier molecular flexibility index (Phi) is 7.05. The summed E-state index contributed by atoms with van der Waals surface area (Å²) < 4.78 is 5.07. The van der Waals surface area contributed by atoms with E-state index in [1.807, 2.05) is 5.01 Å². The van der Waals surface area contributed by atoms with Crippen LogP contribution in [0.3, 0.4) is 0 Å². The van der Waals surface area contributed by atoms with Crippen molar-refractivity contribution in [1.29, 1.82) is 0 Å². The molecular formula is C13H18N3O4W-. The quantitative estimate of drug-likeness (QED) is 0.632. The van der Waals surface area contributed by atoms with Crippen molar-refractivity contribution < 1.29 is 40.2 Å². The number of hydrazine groups is 1. The van der Waals surface area contributed by atoms with Gasteiger partial charge in [0.15, 0.2) is 5.89 Å². The van der Waals surface area contributed by atoms with Gasteiger partial charge >= 0.3 is 5.97 Å². The molecule has 0 spiro atoms. The number of nitrogens with zero attached hydrogens (tertiary/aromatic N) is 3. The monoisotopic (exact) mass is 464 g/mol. The van der Waals surface area contributed by atoms with Crippen LogP contribution >= 0.6 is 0 Å². The predicted octanol–water partition coefficient (Wildman–Crippen LogP) is 0.976. The van der Waals surface area contributed by atoms with E-state index in [-0.39, 0.29) is 32.7 Å². The third-order valence-corrected chi connectivity index (χ3v) is 3.22. The number of hydrogen-bond acceptors (Lipinski definition) is 5. The fourth-order valence-corrected chi connectivity index (χ4v) is 2.22. The molecule has 0 aliphatic carbocycles. The zero-order valence-corrected chi connectivity index (χ0v) is 14.6. The molecule has 1 aromatic heterocycles. The molecule has 1 aliphatic rings. The summed E-state index contributed by atoms with van der Waals surface area (Å²) in [4.78, 5) is 26.4. The molecule has 7 nitrogen and oxygen atoms in total. The third kappa shape index (κ3) is 4.64. The van der Waals surface area contributed by atoms with E-state index in [1.54, 1.807) is 5.01 Å². The number of carbonyl (C=O) groups excluding carboxylic acids is 1. The molecule has 0 aromatic carbocycles. The van der Waals surface area contributed by atoms with Gasteiger partial charge in [-0.2, -0.15) is 0 Å². The molecule has 1 amide bonds. The standard InChI is InChI=1S/C13H18N3O4.W/c1-2-15-7-4-6-12(17)16(15)8-3-5-11-14-9-10(20-11)13(18)19;/h9H,1-8H2,(H,18,19);/q-1;. The Hall–Kier alpha value is -1.20. The van der Waals surface area contributed by atoms with Crippen LogP contribution in [0.2, 0.25) is 0 Å². The fraction of sp³-hybridized carbons (Fsp3) is 0.538. The molecule has 8 heteroatoms. The minimum atomic E-state index is -1.13. The Morgan fingerprint density at radius 2 is 2.29 bits per heavy atom. The first-order chi connectivity index (χ1) is 9.61. The van der Waals surface area contributed by atoms with Crippen LogP contribution < -0.4 is 0 Å². The number of carbonyl (C=O) groups is 2. The van der Waals surface area contributed by atoms with E-state index in [4.69, 9.17) is 9.52 Å². The third-order valence-electron chi connectivity index (χ3n) is 3.22. The van der Waals surface area contributed by atoms with Crippen molar-refractivity contribution >= 4 is 11.9 Å². The van der Waals surface area contributed by atoms with Crippen molar-refractivity contribution in [3.05, 3.63) is 24.8 Å². The molecule has 1 saturated heterocycles. The van der Waals surface area contributed by atoms with Crippen LogP contribution in [-0.4, -0.2) is 51.6 Å². The van der Waals surface area contributed by atoms with Crippen LogP contribution in [0, 0.1) is 6.92 Å².